The highest BCUT2D eigenvalue weighted by atomic mass is 31.2. The number of imidazole rings is 1. The topological polar surface area (TPSA) is 311 Å². The molecule has 0 saturated carbocycles. The smallest absolute Gasteiger partial charge is 0.382 e. The molecule has 2 aliphatic heterocycles. The zero-order chi connectivity index (χ0) is 30.5. The number of nitrogens with one attached hydrogen (secondary N) is 2. The van der Waals surface area contributed by atoms with E-state index in [1.54, 1.807) is 0 Å². The van der Waals surface area contributed by atoms with Crippen LogP contribution in [0.2, 0.25) is 0 Å². The van der Waals surface area contributed by atoms with Crippen molar-refractivity contribution in [2.75, 3.05) is 24.7 Å². The number of phosphoric acid groups is 2. The minimum absolute atomic E-state index is 0.0196. The first kappa shape index (κ1) is 29.7. The quantitative estimate of drug-likeness (QED) is 0.110. The Morgan fingerprint density at radius 3 is 2.60 bits per heavy atom. The van der Waals surface area contributed by atoms with Crippen molar-refractivity contribution in [1.82, 2.24) is 39.7 Å². The Morgan fingerprint density at radius 2 is 1.81 bits per heavy atom. The molecule has 2 fully saturated rings. The second-order valence-electron chi connectivity index (χ2n) is 9.77. The molecule has 0 aromatic carbocycles. The van der Waals surface area contributed by atoms with E-state index in [1.807, 2.05) is 0 Å². The fourth-order valence-electron chi connectivity index (χ4n) is 4.99. The Bertz CT molecular complexity index is 1810. The third-order valence-corrected chi connectivity index (χ3v) is 8.31. The van der Waals surface area contributed by atoms with Gasteiger partial charge in [0, 0.05) is 6.42 Å². The lowest BCUT2D eigenvalue weighted by Crippen LogP contribution is -2.23. The number of aromatic nitrogens is 8. The number of nitrogen functional groups attached to an aromatic ring is 2. The number of hydrogen-bond donors (Lipinski definition) is 7. The molecule has 43 heavy (non-hydrogen) atoms. The second-order valence-corrected chi connectivity index (χ2v) is 12.4. The first-order chi connectivity index (χ1) is 20.4. The summed E-state index contributed by atoms with van der Waals surface area (Å²) in [5, 5.41) is 6.98. The number of nitrogens with two attached hydrogens (primary N) is 2. The SMILES string of the molecule is Nc1nc2c(ncn2[C@@H]2O[C@H](COP(=O)(O)O)CC2OP(=O)(O)OC[C@@H]2CC[C@H](c3[nH]nc4c(N)ncnc34)O2)c(=O)[nH]1. The first-order valence-corrected chi connectivity index (χ1v) is 15.7. The molecule has 2 saturated heterocycles. The third kappa shape index (κ3) is 6.31. The Morgan fingerprint density at radius 1 is 1.02 bits per heavy atom. The van der Waals surface area contributed by atoms with Crippen molar-refractivity contribution in [2.24, 2.45) is 0 Å². The van der Waals surface area contributed by atoms with E-state index in [9.17, 15) is 18.8 Å². The van der Waals surface area contributed by atoms with Gasteiger partial charge in [0.25, 0.3) is 5.56 Å². The van der Waals surface area contributed by atoms with Crippen molar-refractivity contribution in [3.63, 3.8) is 0 Å². The van der Waals surface area contributed by atoms with E-state index >= 15 is 0 Å². The zero-order valence-electron chi connectivity index (χ0n) is 21.9. The van der Waals surface area contributed by atoms with Crippen LogP contribution >= 0.6 is 15.6 Å². The first-order valence-electron chi connectivity index (χ1n) is 12.7. The third-order valence-electron chi connectivity index (χ3n) is 6.81. The molecule has 0 radical (unpaired) electrons. The molecule has 0 aliphatic carbocycles. The molecule has 23 heteroatoms. The highest BCUT2D eigenvalue weighted by molar-refractivity contribution is 7.47. The van der Waals surface area contributed by atoms with E-state index in [1.165, 1.54) is 17.2 Å². The maximum Gasteiger partial charge on any atom is 0.472 e. The lowest BCUT2D eigenvalue weighted by molar-refractivity contribution is -0.0511. The standard InChI is InChI=1S/C20H26N10O11P2/c21-16-14-13(23-6-24-16)12(28-29-14)10-2-1-8(39-10)4-38-43(35,36)41-11-3-9(5-37-42(32,33)34)40-19(11)30-7-25-15-17(30)26-20(22)27-18(15)31/h6-11,19H,1-5H2,(H,28,29)(H,35,36)(H2,21,23,24)(H2,32,33,34)(H3,22,26,27,31)/t8-,9-,10+,11?,19+/m0/s1. The zero-order valence-corrected chi connectivity index (χ0v) is 23.7. The van der Waals surface area contributed by atoms with Gasteiger partial charge in [-0.15, -0.1) is 0 Å². The number of rotatable bonds is 10. The average Bonchev–Trinajstić information content (AvgIpc) is 3.71. The van der Waals surface area contributed by atoms with Gasteiger partial charge in [-0.1, -0.05) is 0 Å². The van der Waals surface area contributed by atoms with Gasteiger partial charge in [-0.3, -0.25) is 33.0 Å². The van der Waals surface area contributed by atoms with E-state index in [2.05, 4.69) is 39.6 Å². The van der Waals surface area contributed by atoms with Crippen LogP contribution in [0.1, 0.15) is 37.3 Å². The molecule has 232 valence electrons. The van der Waals surface area contributed by atoms with E-state index in [0.717, 1.165) is 0 Å². The molecular formula is C20H26N10O11P2. The van der Waals surface area contributed by atoms with E-state index in [0.29, 0.717) is 29.6 Å². The van der Waals surface area contributed by atoms with Crippen molar-refractivity contribution in [3.8, 4) is 0 Å². The van der Waals surface area contributed by atoms with Gasteiger partial charge in [0.1, 0.15) is 24.1 Å². The summed E-state index contributed by atoms with van der Waals surface area (Å²) in [6.45, 7) is -0.881. The number of aromatic amines is 2. The van der Waals surface area contributed by atoms with Crippen LogP contribution in [0, 0.1) is 0 Å². The lowest BCUT2D eigenvalue weighted by Gasteiger charge is -2.23. The van der Waals surface area contributed by atoms with Gasteiger partial charge < -0.3 is 35.6 Å². The predicted molar refractivity (Wildman–Crippen MR) is 143 cm³/mol. The summed E-state index contributed by atoms with van der Waals surface area (Å²) in [5.41, 5.74) is 12.2. The van der Waals surface area contributed by atoms with Gasteiger partial charge in [0.05, 0.1) is 37.4 Å². The lowest BCUT2D eigenvalue weighted by atomic mass is 10.1. The van der Waals surface area contributed by atoms with Crippen molar-refractivity contribution in [1.29, 1.82) is 0 Å². The van der Waals surface area contributed by atoms with Crippen LogP contribution in [0.15, 0.2) is 17.4 Å². The Kier molecular flexibility index (Phi) is 7.80. The molecule has 0 spiro atoms. The molecule has 4 aromatic heterocycles. The summed E-state index contributed by atoms with van der Waals surface area (Å²) in [7, 11) is -9.62. The molecule has 9 N–H and O–H groups in total. The van der Waals surface area contributed by atoms with Crippen LogP contribution in [-0.2, 0) is 32.2 Å². The fourth-order valence-corrected chi connectivity index (χ4v) is 6.29. The minimum atomic E-state index is -4.85. The van der Waals surface area contributed by atoms with Crippen molar-refractivity contribution >= 4 is 49.6 Å². The van der Waals surface area contributed by atoms with Gasteiger partial charge in [0.15, 0.2) is 28.7 Å². The molecule has 2 aliphatic rings. The molecule has 4 aromatic rings. The molecule has 21 nitrogen and oxygen atoms in total. The number of ether oxygens (including phenoxy) is 2. The number of phosphoric ester groups is 2. The van der Waals surface area contributed by atoms with Gasteiger partial charge in [-0.05, 0) is 12.8 Å². The molecule has 0 amide bonds. The number of H-pyrrole nitrogens is 2. The monoisotopic (exact) mass is 644 g/mol. The summed E-state index contributed by atoms with van der Waals surface area (Å²) >= 11 is 0. The van der Waals surface area contributed by atoms with Gasteiger partial charge in [-0.2, -0.15) is 10.1 Å². The van der Waals surface area contributed by atoms with Gasteiger partial charge in [-0.25, -0.2) is 24.1 Å². The maximum atomic E-state index is 13.0. The average molecular weight is 644 g/mol. The van der Waals surface area contributed by atoms with Crippen LogP contribution in [0.5, 0.6) is 0 Å². The van der Waals surface area contributed by atoms with Gasteiger partial charge in [0.2, 0.25) is 5.95 Å². The van der Waals surface area contributed by atoms with Crippen molar-refractivity contribution < 1.29 is 46.9 Å². The van der Waals surface area contributed by atoms with E-state index in [4.69, 9.17) is 39.8 Å². The number of fused-ring (bicyclic) bond motifs is 2. The van der Waals surface area contributed by atoms with E-state index in [-0.39, 0.29) is 36.0 Å². The molecule has 0 bridgehead atoms. The van der Waals surface area contributed by atoms with Crippen molar-refractivity contribution in [2.45, 2.75) is 49.9 Å². The summed E-state index contributed by atoms with van der Waals surface area (Å²) in [6.07, 6.45) is -1.15. The second kappa shape index (κ2) is 11.3. The molecule has 6 atom stereocenters. The van der Waals surface area contributed by atoms with Crippen LogP contribution < -0.4 is 17.0 Å². The van der Waals surface area contributed by atoms with Crippen molar-refractivity contribution in [3.05, 3.63) is 28.7 Å². The van der Waals surface area contributed by atoms with Crippen LogP contribution in [-0.4, -0.2) is 85.9 Å². The minimum Gasteiger partial charge on any atom is -0.382 e. The predicted octanol–water partition coefficient (Wildman–Crippen LogP) is -0.230. The largest absolute Gasteiger partial charge is 0.472 e. The summed E-state index contributed by atoms with van der Waals surface area (Å²) in [5.74, 6) is -0.00982. The maximum absolute atomic E-state index is 13.0. The van der Waals surface area contributed by atoms with E-state index < -0.39 is 58.5 Å². The Hall–Kier alpha value is -3.36. The molecule has 6 rings (SSSR count). The number of nitrogens with zero attached hydrogens (tertiary/aromatic N) is 6. The summed E-state index contributed by atoms with van der Waals surface area (Å²) in [4.78, 5) is 59.5. The fraction of sp³-hybridized carbons (Fsp3) is 0.500. The highest BCUT2D eigenvalue weighted by Crippen LogP contribution is 2.50. The molecule has 2 unspecified atom stereocenters. The highest BCUT2D eigenvalue weighted by Gasteiger charge is 2.44. The normalized spacial score (nSPS) is 26.0. The van der Waals surface area contributed by atoms with Crippen LogP contribution in [0.4, 0.5) is 11.8 Å². The Labute approximate surface area is 239 Å². The summed E-state index contributed by atoms with van der Waals surface area (Å²) < 4.78 is 52.6. The van der Waals surface area contributed by atoms with Crippen LogP contribution in [0.3, 0.4) is 0 Å². The number of hydrogen-bond acceptors (Lipinski definition) is 15. The Balaban J connectivity index is 1.14. The molecular weight excluding hydrogens is 618 g/mol. The molecule has 6 heterocycles. The van der Waals surface area contributed by atoms with Gasteiger partial charge >= 0.3 is 15.6 Å². The summed E-state index contributed by atoms with van der Waals surface area (Å²) in [6, 6.07) is 0. The number of anilines is 2. The van der Waals surface area contributed by atoms with Crippen LogP contribution in [0.25, 0.3) is 22.2 Å².